The summed E-state index contributed by atoms with van der Waals surface area (Å²) in [6.45, 7) is 3.94. The van der Waals surface area contributed by atoms with Crippen LogP contribution in [0.4, 0.5) is 5.69 Å². The molecular formula is C19H23ClN2O4S. The topological polar surface area (TPSA) is 84.5 Å². The van der Waals surface area contributed by atoms with Gasteiger partial charge in [-0.3, -0.25) is 9.52 Å². The molecule has 0 saturated heterocycles. The molecule has 0 spiro atoms. The zero-order valence-electron chi connectivity index (χ0n) is 15.5. The average molecular weight is 411 g/mol. The van der Waals surface area contributed by atoms with Crippen molar-refractivity contribution in [1.29, 1.82) is 0 Å². The molecule has 0 fully saturated rings. The van der Waals surface area contributed by atoms with E-state index in [1.54, 1.807) is 12.1 Å². The Morgan fingerprint density at radius 1 is 1.19 bits per heavy atom. The molecule has 1 amide bonds. The molecule has 0 aliphatic heterocycles. The van der Waals surface area contributed by atoms with E-state index in [0.29, 0.717) is 5.75 Å². The number of carbonyl (C=O) groups is 1. The van der Waals surface area contributed by atoms with Crippen molar-refractivity contribution in [3.63, 3.8) is 0 Å². The van der Waals surface area contributed by atoms with Crippen molar-refractivity contribution >= 4 is 33.2 Å². The summed E-state index contributed by atoms with van der Waals surface area (Å²) in [6, 6.07) is 10.4. The van der Waals surface area contributed by atoms with E-state index in [1.807, 2.05) is 13.8 Å². The van der Waals surface area contributed by atoms with Gasteiger partial charge in [-0.05, 0) is 55.8 Å². The lowest BCUT2D eigenvalue weighted by molar-refractivity contribution is 0.0938. The second-order valence-electron chi connectivity index (χ2n) is 6.14. The molecule has 2 rings (SSSR count). The molecule has 0 heterocycles. The van der Waals surface area contributed by atoms with Crippen molar-refractivity contribution in [3.05, 3.63) is 53.1 Å². The van der Waals surface area contributed by atoms with E-state index in [2.05, 4.69) is 10.0 Å². The van der Waals surface area contributed by atoms with Gasteiger partial charge in [-0.15, -0.1) is 0 Å². The lowest BCUT2D eigenvalue weighted by Crippen LogP contribution is -2.32. The Morgan fingerprint density at radius 3 is 2.44 bits per heavy atom. The lowest BCUT2D eigenvalue weighted by atomic mass is 10.1. The van der Waals surface area contributed by atoms with Crippen molar-refractivity contribution in [3.8, 4) is 5.75 Å². The number of amides is 1. The third kappa shape index (κ3) is 5.61. The number of ether oxygens (including phenoxy) is 1. The van der Waals surface area contributed by atoms with E-state index in [9.17, 15) is 13.2 Å². The minimum atomic E-state index is -3.81. The number of methoxy groups -OCH3 is 1. The van der Waals surface area contributed by atoms with E-state index in [1.165, 1.54) is 37.4 Å². The standard InChI is InChI=1S/C19H23ClN2O4S/c1-4-5-13(2)21-19(23)17-12-14(6-11-18(17)20)22-27(24,25)16-9-7-15(26-3)8-10-16/h6-13,22H,4-5H2,1-3H3,(H,21,23). The molecule has 146 valence electrons. The van der Waals surface area contributed by atoms with Gasteiger partial charge >= 0.3 is 0 Å². The second-order valence-corrected chi connectivity index (χ2v) is 8.23. The van der Waals surface area contributed by atoms with Crippen molar-refractivity contribution in [2.24, 2.45) is 0 Å². The number of sulfonamides is 1. The van der Waals surface area contributed by atoms with Crippen LogP contribution in [0.25, 0.3) is 0 Å². The summed E-state index contributed by atoms with van der Waals surface area (Å²) in [4.78, 5) is 12.5. The van der Waals surface area contributed by atoms with E-state index >= 15 is 0 Å². The third-order valence-electron chi connectivity index (χ3n) is 3.93. The van der Waals surface area contributed by atoms with E-state index in [0.717, 1.165) is 12.8 Å². The normalized spacial score (nSPS) is 12.3. The number of rotatable bonds is 8. The molecular weight excluding hydrogens is 388 g/mol. The highest BCUT2D eigenvalue weighted by atomic mass is 35.5. The minimum Gasteiger partial charge on any atom is -0.497 e. The van der Waals surface area contributed by atoms with Gasteiger partial charge in [0.05, 0.1) is 22.6 Å². The third-order valence-corrected chi connectivity index (χ3v) is 5.66. The summed E-state index contributed by atoms with van der Waals surface area (Å²) >= 11 is 6.12. The summed E-state index contributed by atoms with van der Waals surface area (Å²) in [7, 11) is -2.30. The molecule has 0 radical (unpaired) electrons. The first-order valence-corrected chi connectivity index (χ1v) is 10.4. The molecule has 2 N–H and O–H groups in total. The molecule has 27 heavy (non-hydrogen) atoms. The molecule has 0 aliphatic carbocycles. The number of anilines is 1. The molecule has 0 aliphatic rings. The average Bonchev–Trinajstić information content (AvgIpc) is 2.63. The Morgan fingerprint density at radius 2 is 1.85 bits per heavy atom. The molecule has 0 aromatic heterocycles. The van der Waals surface area contributed by atoms with Crippen LogP contribution in [0.5, 0.6) is 5.75 Å². The van der Waals surface area contributed by atoms with Gasteiger partial charge in [-0.1, -0.05) is 24.9 Å². The maximum absolute atomic E-state index is 12.5. The van der Waals surface area contributed by atoms with Gasteiger partial charge in [0, 0.05) is 11.7 Å². The van der Waals surface area contributed by atoms with Crippen LogP contribution in [0, 0.1) is 0 Å². The van der Waals surface area contributed by atoms with E-state index in [4.69, 9.17) is 16.3 Å². The number of hydrogen-bond acceptors (Lipinski definition) is 4. The number of carbonyl (C=O) groups excluding carboxylic acids is 1. The van der Waals surface area contributed by atoms with Gasteiger partial charge in [-0.25, -0.2) is 8.42 Å². The highest BCUT2D eigenvalue weighted by molar-refractivity contribution is 7.92. The number of hydrogen-bond donors (Lipinski definition) is 2. The number of benzene rings is 2. The predicted octanol–water partition coefficient (Wildman–Crippen LogP) is 4.07. The molecule has 0 saturated carbocycles. The van der Waals surface area contributed by atoms with Crippen LogP contribution in [0.3, 0.4) is 0 Å². The Bertz CT molecular complexity index is 898. The number of nitrogens with one attached hydrogen (secondary N) is 2. The summed E-state index contributed by atoms with van der Waals surface area (Å²) in [5.74, 6) is 0.215. The van der Waals surface area contributed by atoms with Gasteiger partial charge < -0.3 is 10.1 Å². The quantitative estimate of drug-likeness (QED) is 0.687. The van der Waals surface area contributed by atoms with Crippen LogP contribution in [0.2, 0.25) is 5.02 Å². The van der Waals surface area contributed by atoms with Gasteiger partial charge in [-0.2, -0.15) is 0 Å². The van der Waals surface area contributed by atoms with Crippen LogP contribution in [-0.4, -0.2) is 27.5 Å². The van der Waals surface area contributed by atoms with Crippen LogP contribution in [0.1, 0.15) is 37.0 Å². The van der Waals surface area contributed by atoms with Crippen LogP contribution < -0.4 is 14.8 Å². The fourth-order valence-electron chi connectivity index (χ4n) is 2.54. The summed E-state index contributed by atoms with van der Waals surface area (Å²) in [5.41, 5.74) is 0.470. The Kier molecular flexibility index (Phi) is 7.10. The first kappa shape index (κ1) is 21.1. The van der Waals surface area contributed by atoms with E-state index in [-0.39, 0.29) is 33.1 Å². The molecule has 2 aromatic rings. The van der Waals surface area contributed by atoms with Gasteiger partial charge in [0.2, 0.25) is 0 Å². The maximum Gasteiger partial charge on any atom is 0.261 e. The van der Waals surface area contributed by atoms with Crippen LogP contribution >= 0.6 is 11.6 Å². The summed E-state index contributed by atoms with van der Waals surface area (Å²) in [6.07, 6.45) is 1.78. The molecule has 2 aromatic carbocycles. The Balaban J connectivity index is 2.22. The smallest absolute Gasteiger partial charge is 0.261 e. The highest BCUT2D eigenvalue weighted by Crippen LogP contribution is 2.24. The molecule has 6 nitrogen and oxygen atoms in total. The van der Waals surface area contributed by atoms with Crippen LogP contribution in [0.15, 0.2) is 47.4 Å². The molecule has 1 atom stereocenters. The lowest BCUT2D eigenvalue weighted by Gasteiger charge is -2.15. The van der Waals surface area contributed by atoms with Crippen LogP contribution in [-0.2, 0) is 10.0 Å². The largest absolute Gasteiger partial charge is 0.497 e. The monoisotopic (exact) mass is 410 g/mol. The van der Waals surface area contributed by atoms with E-state index < -0.39 is 10.0 Å². The van der Waals surface area contributed by atoms with Crippen molar-refractivity contribution < 1.29 is 17.9 Å². The fourth-order valence-corrected chi connectivity index (χ4v) is 3.79. The van der Waals surface area contributed by atoms with Gasteiger partial charge in [0.25, 0.3) is 15.9 Å². The Hall–Kier alpha value is -2.25. The maximum atomic E-state index is 12.5. The van der Waals surface area contributed by atoms with Crippen molar-refractivity contribution in [2.45, 2.75) is 37.6 Å². The first-order chi connectivity index (χ1) is 12.8. The molecule has 0 bridgehead atoms. The molecule has 8 heteroatoms. The van der Waals surface area contributed by atoms with Crippen molar-refractivity contribution in [1.82, 2.24) is 5.32 Å². The SMILES string of the molecule is CCCC(C)NC(=O)c1cc(NS(=O)(=O)c2ccc(OC)cc2)ccc1Cl. The van der Waals surface area contributed by atoms with Gasteiger partial charge in [0.15, 0.2) is 0 Å². The second kappa shape index (κ2) is 9.10. The zero-order chi connectivity index (χ0) is 20.0. The summed E-state index contributed by atoms with van der Waals surface area (Å²) < 4.78 is 32.6. The minimum absolute atomic E-state index is 0.00165. The molecule has 1 unspecified atom stereocenters. The fraction of sp³-hybridized carbons (Fsp3) is 0.316. The Labute approximate surface area is 164 Å². The zero-order valence-corrected chi connectivity index (χ0v) is 17.0. The highest BCUT2D eigenvalue weighted by Gasteiger charge is 2.18. The number of halogens is 1. The first-order valence-electron chi connectivity index (χ1n) is 8.54. The predicted molar refractivity (Wildman–Crippen MR) is 107 cm³/mol. The van der Waals surface area contributed by atoms with Crippen molar-refractivity contribution in [2.75, 3.05) is 11.8 Å². The summed E-state index contributed by atoms with van der Waals surface area (Å²) in [5, 5.41) is 3.11. The van der Waals surface area contributed by atoms with Gasteiger partial charge in [0.1, 0.15) is 5.75 Å².